The summed E-state index contributed by atoms with van der Waals surface area (Å²) in [6, 6.07) is 28.4. The van der Waals surface area contributed by atoms with Crippen molar-refractivity contribution in [3.8, 4) is 11.3 Å². The number of rotatable bonds is 6. The van der Waals surface area contributed by atoms with Crippen LogP contribution in [0.3, 0.4) is 0 Å². The lowest BCUT2D eigenvalue weighted by Gasteiger charge is -2.05. The summed E-state index contributed by atoms with van der Waals surface area (Å²) in [5.74, 6) is 1.48. The molecule has 2 nitrogen and oxygen atoms in total. The monoisotopic (exact) mass is 357 g/mol. The first-order valence-corrected chi connectivity index (χ1v) is 9.79. The van der Waals surface area contributed by atoms with Gasteiger partial charge in [-0.2, -0.15) is 0 Å². The lowest BCUT2D eigenvalue weighted by Crippen LogP contribution is -2.04. The topological polar surface area (TPSA) is 32.9 Å². The third kappa shape index (κ3) is 3.44. The second-order valence-corrected chi connectivity index (χ2v) is 7.17. The number of hydrogen-bond donors (Lipinski definition) is 1. The number of benzene rings is 3. The molecule has 0 fully saturated rings. The smallest absolute Gasteiger partial charge is 0.175 e. The van der Waals surface area contributed by atoms with Gasteiger partial charge >= 0.3 is 0 Å². The third-order valence-electron chi connectivity index (χ3n) is 4.39. The van der Waals surface area contributed by atoms with Crippen LogP contribution in [-0.4, -0.2) is 16.5 Å². The van der Waals surface area contributed by atoms with Crippen LogP contribution in [0.1, 0.15) is 15.9 Å². The number of H-pyrrole nitrogens is 1. The van der Waals surface area contributed by atoms with Gasteiger partial charge in [-0.1, -0.05) is 78.9 Å². The van der Waals surface area contributed by atoms with E-state index in [1.807, 2.05) is 72.8 Å². The molecule has 4 aromatic rings. The fourth-order valence-corrected chi connectivity index (χ4v) is 4.02. The molecule has 0 saturated carbocycles. The van der Waals surface area contributed by atoms with Gasteiger partial charge in [-0.3, -0.25) is 4.79 Å². The molecule has 26 heavy (non-hydrogen) atoms. The van der Waals surface area contributed by atoms with E-state index in [4.69, 9.17) is 0 Å². The van der Waals surface area contributed by atoms with E-state index < -0.39 is 0 Å². The highest BCUT2D eigenvalue weighted by atomic mass is 32.2. The van der Waals surface area contributed by atoms with Crippen LogP contribution in [0.4, 0.5) is 0 Å². The Morgan fingerprint density at radius 1 is 0.808 bits per heavy atom. The molecule has 4 rings (SSSR count). The summed E-state index contributed by atoms with van der Waals surface area (Å²) in [5, 5.41) is 0.997. The number of carbonyl (C=O) groups excluding carboxylic acids is 1. The van der Waals surface area contributed by atoms with Gasteiger partial charge in [0.05, 0.1) is 17.0 Å². The quantitative estimate of drug-likeness (QED) is 0.432. The minimum atomic E-state index is 0.169. The Balaban J connectivity index is 1.63. The van der Waals surface area contributed by atoms with Crippen LogP contribution in [0.2, 0.25) is 0 Å². The predicted molar refractivity (Wildman–Crippen MR) is 111 cm³/mol. The van der Waals surface area contributed by atoms with Crippen LogP contribution in [-0.2, 0) is 5.75 Å². The van der Waals surface area contributed by atoms with E-state index in [2.05, 4.69) is 17.1 Å². The first kappa shape index (κ1) is 16.7. The number of aromatic nitrogens is 1. The van der Waals surface area contributed by atoms with E-state index in [1.165, 1.54) is 5.56 Å². The number of carbonyl (C=O) groups is 1. The molecule has 3 aromatic carbocycles. The zero-order valence-electron chi connectivity index (χ0n) is 14.3. The largest absolute Gasteiger partial charge is 0.354 e. The van der Waals surface area contributed by atoms with E-state index in [-0.39, 0.29) is 5.78 Å². The summed E-state index contributed by atoms with van der Waals surface area (Å²) in [4.78, 5) is 16.5. The maximum absolute atomic E-state index is 13.1. The molecule has 1 heterocycles. The number of fused-ring (bicyclic) bond motifs is 1. The summed E-state index contributed by atoms with van der Waals surface area (Å²) in [6.07, 6.45) is 0. The highest BCUT2D eigenvalue weighted by Crippen LogP contribution is 2.31. The summed E-state index contributed by atoms with van der Waals surface area (Å²) in [5.41, 5.74) is 5.00. The second kappa shape index (κ2) is 7.63. The Morgan fingerprint density at radius 3 is 2.23 bits per heavy atom. The second-order valence-electron chi connectivity index (χ2n) is 6.19. The molecule has 0 aliphatic rings. The van der Waals surface area contributed by atoms with Crippen molar-refractivity contribution in [3.05, 3.63) is 96.1 Å². The highest BCUT2D eigenvalue weighted by molar-refractivity contribution is 7.99. The number of hydrogen-bond acceptors (Lipinski definition) is 2. The van der Waals surface area contributed by atoms with Crippen molar-refractivity contribution in [3.63, 3.8) is 0 Å². The maximum Gasteiger partial charge on any atom is 0.175 e. The van der Waals surface area contributed by atoms with Crippen LogP contribution < -0.4 is 0 Å². The fourth-order valence-electron chi connectivity index (χ4n) is 3.16. The van der Waals surface area contributed by atoms with Crippen molar-refractivity contribution >= 4 is 28.4 Å². The predicted octanol–water partition coefficient (Wildman–Crippen LogP) is 5.95. The Morgan fingerprint density at radius 2 is 1.46 bits per heavy atom. The van der Waals surface area contributed by atoms with Crippen LogP contribution in [0.5, 0.6) is 0 Å². The van der Waals surface area contributed by atoms with E-state index in [0.29, 0.717) is 5.75 Å². The van der Waals surface area contributed by atoms with Crippen molar-refractivity contribution in [2.75, 3.05) is 5.75 Å². The van der Waals surface area contributed by atoms with Crippen LogP contribution >= 0.6 is 11.8 Å². The molecule has 3 heteroatoms. The number of thioether (sulfide) groups is 1. The lowest BCUT2D eigenvalue weighted by molar-refractivity contribution is 0.102. The Labute approximate surface area is 157 Å². The molecule has 0 unspecified atom stereocenters. The molecule has 0 spiro atoms. The molecule has 1 aromatic heterocycles. The average Bonchev–Trinajstić information content (AvgIpc) is 3.09. The third-order valence-corrected chi connectivity index (χ3v) is 5.40. The van der Waals surface area contributed by atoms with Crippen LogP contribution in [0, 0.1) is 0 Å². The van der Waals surface area contributed by atoms with E-state index in [0.717, 1.165) is 33.5 Å². The van der Waals surface area contributed by atoms with Crippen molar-refractivity contribution in [2.45, 2.75) is 5.75 Å². The number of para-hydroxylation sites is 1. The molecular formula is C23H19NOS. The molecular weight excluding hydrogens is 338 g/mol. The SMILES string of the molecule is O=C(CSCc1ccccc1)c1c(-c2ccccc2)[nH]c2ccccc12. The molecule has 0 saturated heterocycles. The standard InChI is InChI=1S/C23H19NOS/c25-21(16-26-15-17-9-3-1-4-10-17)22-19-13-7-8-14-20(19)24-23(22)18-11-5-2-6-12-18/h1-14,24H,15-16H2. The number of ketones is 1. The normalized spacial score (nSPS) is 10.9. The maximum atomic E-state index is 13.1. The zero-order chi connectivity index (χ0) is 17.8. The molecule has 0 radical (unpaired) electrons. The highest BCUT2D eigenvalue weighted by Gasteiger charge is 2.19. The van der Waals surface area contributed by atoms with Gasteiger partial charge in [0.15, 0.2) is 5.78 Å². The van der Waals surface area contributed by atoms with E-state index in [9.17, 15) is 4.79 Å². The van der Waals surface area contributed by atoms with E-state index >= 15 is 0 Å². The number of Topliss-reactive ketones (excluding diaryl/α,β-unsaturated/α-hetero) is 1. The Hall–Kier alpha value is -2.78. The number of nitrogens with one attached hydrogen (secondary N) is 1. The summed E-state index contributed by atoms with van der Waals surface area (Å²) in [6.45, 7) is 0. The number of aromatic amines is 1. The minimum Gasteiger partial charge on any atom is -0.354 e. The summed E-state index contributed by atoms with van der Waals surface area (Å²) >= 11 is 1.66. The Bertz CT molecular complexity index is 1020. The van der Waals surface area contributed by atoms with Gasteiger partial charge in [0.2, 0.25) is 0 Å². The van der Waals surface area contributed by atoms with Gasteiger partial charge in [-0.15, -0.1) is 11.8 Å². The van der Waals surface area contributed by atoms with Crippen LogP contribution in [0.25, 0.3) is 22.2 Å². The molecule has 0 aliphatic carbocycles. The van der Waals surface area contributed by atoms with Gasteiger partial charge in [0, 0.05) is 16.7 Å². The van der Waals surface area contributed by atoms with Crippen molar-refractivity contribution in [2.24, 2.45) is 0 Å². The molecule has 0 amide bonds. The summed E-state index contributed by atoms with van der Waals surface area (Å²) < 4.78 is 0. The molecule has 128 valence electrons. The van der Waals surface area contributed by atoms with Gasteiger partial charge in [-0.25, -0.2) is 0 Å². The fraction of sp³-hybridized carbons (Fsp3) is 0.0870. The van der Waals surface area contributed by atoms with Gasteiger partial charge in [0.25, 0.3) is 0 Å². The van der Waals surface area contributed by atoms with Gasteiger partial charge in [-0.05, 0) is 17.2 Å². The first-order valence-electron chi connectivity index (χ1n) is 8.64. The molecule has 0 atom stereocenters. The van der Waals surface area contributed by atoms with Crippen molar-refractivity contribution < 1.29 is 4.79 Å². The average molecular weight is 357 g/mol. The van der Waals surface area contributed by atoms with Gasteiger partial charge < -0.3 is 4.98 Å². The first-order chi connectivity index (χ1) is 12.8. The van der Waals surface area contributed by atoms with E-state index in [1.54, 1.807) is 11.8 Å². The lowest BCUT2D eigenvalue weighted by atomic mass is 10.0. The van der Waals surface area contributed by atoms with Crippen molar-refractivity contribution in [1.29, 1.82) is 0 Å². The molecule has 0 bridgehead atoms. The summed E-state index contributed by atoms with van der Waals surface area (Å²) in [7, 11) is 0. The molecule has 1 N–H and O–H groups in total. The molecule has 0 aliphatic heterocycles. The van der Waals surface area contributed by atoms with Crippen molar-refractivity contribution in [1.82, 2.24) is 4.98 Å². The zero-order valence-corrected chi connectivity index (χ0v) is 15.1. The minimum absolute atomic E-state index is 0.169. The Kier molecular flexibility index (Phi) is 4.89. The van der Waals surface area contributed by atoms with Gasteiger partial charge in [0.1, 0.15) is 0 Å². The van der Waals surface area contributed by atoms with Crippen LogP contribution in [0.15, 0.2) is 84.9 Å².